The Balaban J connectivity index is 1.44. The molecule has 0 saturated carbocycles. The first-order valence-electron chi connectivity index (χ1n) is 11.4. The zero-order chi connectivity index (χ0) is 24.5. The largest absolute Gasteiger partial charge is 0.481 e. The van der Waals surface area contributed by atoms with Gasteiger partial charge in [0.2, 0.25) is 0 Å². The van der Waals surface area contributed by atoms with Crippen molar-refractivity contribution in [1.82, 2.24) is 19.1 Å². The normalized spacial score (nSPS) is 11.3. The lowest BCUT2D eigenvalue weighted by atomic mass is 10.1. The van der Waals surface area contributed by atoms with Gasteiger partial charge in [-0.2, -0.15) is 0 Å². The van der Waals surface area contributed by atoms with E-state index in [1.807, 2.05) is 55.6 Å². The van der Waals surface area contributed by atoms with Gasteiger partial charge >= 0.3 is 5.97 Å². The summed E-state index contributed by atoms with van der Waals surface area (Å²) in [5.74, 6) is 0.943. The van der Waals surface area contributed by atoms with Gasteiger partial charge < -0.3 is 20.0 Å². The quantitative estimate of drug-likeness (QED) is 0.237. The number of benzene rings is 3. The van der Waals surface area contributed by atoms with Gasteiger partial charge in [0, 0.05) is 32.0 Å². The second kappa shape index (κ2) is 9.06. The van der Waals surface area contributed by atoms with Crippen molar-refractivity contribution < 1.29 is 9.90 Å². The molecule has 0 atom stereocenters. The first-order valence-corrected chi connectivity index (χ1v) is 11.4. The molecule has 5 rings (SSSR count). The Bertz CT molecular complexity index is 1560. The van der Waals surface area contributed by atoms with E-state index in [9.17, 15) is 4.79 Å². The first kappa shape index (κ1) is 22.3. The number of fused-ring (bicyclic) bond motifs is 2. The number of carbonyl (C=O) groups is 1. The minimum Gasteiger partial charge on any atom is -0.481 e. The Morgan fingerprint density at radius 1 is 0.943 bits per heavy atom. The zero-order valence-electron chi connectivity index (χ0n) is 19.4. The van der Waals surface area contributed by atoms with E-state index in [0.29, 0.717) is 24.9 Å². The summed E-state index contributed by atoms with van der Waals surface area (Å²) in [5.41, 5.74) is 12.3. The molecule has 4 N–H and O–H groups in total. The van der Waals surface area contributed by atoms with E-state index in [4.69, 9.17) is 21.2 Å². The van der Waals surface area contributed by atoms with E-state index in [0.717, 1.165) is 44.8 Å². The molecule has 5 aromatic rings. The molecule has 35 heavy (non-hydrogen) atoms. The van der Waals surface area contributed by atoms with Crippen molar-refractivity contribution in [2.45, 2.75) is 25.8 Å². The number of nitrogens with zero attached hydrogens (tertiary/aromatic N) is 4. The number of nitrogens with one attached hydrogen (secondary N) is 1. The molecule has 8 nitrogen and oxygen atoms in total. The third-order valence-corrected chi connectivity index (χ3v) is 6.30. The predicted octanol–water partition coefficient (Wildman–Crippen LogP) is 3.86. The summed E-state index contributed by atoms with van der Waals surface area (Å²) in [5, 5.41) is 16.7. The summed E-state index contributed by atoms with van der Waals surface area (Å²) in [6.45, 7) is 0.587. The van der Waals surface area contributed by atoms with Crippen LogP contribution in [0.1, 0.15) is 34.8 Å². The fourth-order valence-corrected chi connectivity index (χ4v) is 4.43. The molecule has 2 heterocycles. The van der Waals surface area contributed by atoms with Crippen molar-refractivity contribution in [3.8, 4) is 0 Å². The number of hydrogen-bond donors (Lipinski definition) is 3. The van der Waals surface area contributed by atoms with E-state index in [-0.39, 0.29) is 12.3 Å². The Hall–Kier alpha value is -4.46. The predicted molar refractivity (Wildman–Crippen MR) is 136 cm³/mol. The Kier molecular flexibility index (Phi) is 5.78. The lowest BCUT2D eigenvalue weighted by Crippen LogP contribution is -2.10. The topological polar surface area (TPSA) is 123 Å². The van der Waals surface area contributed by atoms with Crippen LogP contribution in [-0.4, -0.2) is 36.0 Å². The van der Waals surface area contributed by atoms with Crippen LogP contribution in [0.15, 0.2) is 66.7 Å². The van der Waals surface area contributed by atoms with Crippen LogP contribution in [0.5, 0.6) is 0 Å². The molecule has 0 aliphatic rings. The van der Waals surface area contributed by atoms with Gasteiger partial charge in [-0.15, -0.1) is 0 Å². The van der Waals surface area contributed by atoms with Crippen LogP contribution in [0.3, 0.4) is 0 Å². The molecule has 0 aliphatic carbocycles. The van der Waals surface area contributed by atoms with Crippen LogP contribution in [-0.2, 0) is 31.2 Å². The molecule has 2 aromatic heterocycles. The summed E-state index contributed by atoms with van der Waals surface area (Å²) in [6, 6.07) is 21.8. The van der Waals surface area contributed by atoms with Crippen LogP contribution < -0.4 is 5.73 Å². The SMILES string of the molecule is Cn1c(Cc2ccc(C(=N)N)cc2)nc2cc(Cn3c(CCC(=O)O)nc4ccccc43)ccc21. The minimum atomic E-state index is -0.832. The standard InChI is InChI=1S/C27H26N6O2/c1-32-22-11-8-18(14-21(22)31-25(32)15-17-6-9-19(10-7-17)27(28)29)16-33-23-5-3-2-4-20(23)30-24(33)12-13-26(34)35/h2-11,14H,12-13,15-16H2,1H3,(H3,28,29)(H,34,35). The number of carboxylic acid groups (broad SMARTS) is 1. The Labute approximate surface area is 202 Å². The second-order valence-electron chi connectivity index (χ2n) is 8.69. The lowest BCUT2D eigenvalue weighted by Gasteiger charge is -2.09. The Morgan fingerprint density at radius 3 is 2.40 bits per heavy atom. The van der Waals surface area contributed by atoms with Gasteiger partial charge in [-0.05, 0) is 35.4 Å². The smallest absolute Gasteiger partial charge is 0.303 e. The van der Waals surface area contributed by atoms with E-state index in [2.05, 4.69) is 32.3 Å². The summed E-state index contributed by atoms with van der Waals surface area (Å²) in [4.78, 5) is 20.7. The van der Waals surface area contributed by atoms with Gasteiger partial charge in [-0.3, -0.25) is 10.2 Å². The average Bonchev–Trinajstić information content (AvgIpc) is 3.35. The van der Waals surface area contributed by atoms with Crippen LogP contribution in [0.2, 0.25) is 0 Å². The number of rotatable bonds is 8. The molecule has 0 unspecified atom stereocenters. The van der Waals surface area contributed by atoms with Gasteiger partial charge in [0.1, 0.15) is 17.5 Å². The van der Waals surface area contributed by atoms with Gasteiger partial charge in [0.05, 0.1) is 28.5 Å². The van der Waals surface area contributed by atoms with E-state index in [1.165, 1.54) is 0 Å². The number of nitrogen functional groups attached to an aromatic ring is 1. The van der Waals surface area contributed by atoms with E-state index >= 15 is 0 Å². The highest BCUT2D eigenvalue weighted by Gasteiger charge is 2.14. The number of aliphatic carboxylic acids is 1. The summed E-state index contributed by atoms with van der Waals surface area (Å²) >= 11 is 0. The average molecular weight is 467 g/mol. The van der Waals surface area contributed by atoms with Crippen molar-refractivity contribution in [3.05, 3.63) is 95.1 Å². The zero-order valence-corrected chi connectivity index (χ0v) is 19.4. The number of amidine groups is 1. The third-order valence-electron chi connectivity index (χ3n) is 6.30. The molecule has 8 heteroatoms. The molecular formula is C27H26N6O2. The van der Waals surface area contributed by atoms with Gasteiger partial charge in [0.15, 0.2) is 0 Å². The maximum absolute atomic E-state index is 11.2. The number of nitrogens with two attached hydrogens (primary N) is 1. The van der Waals surface area contributed by atoms with E-state index in [1.54, 1.807) is 0 Å². The number of para-hydroxylation sites is 2. The molecule has 0 radical (unpaired) electrons. The molecule has 3 aromatic carbocycles. The fourth-order valence-electron chi connectivity index (χ4n) is 4.43. The molecular weight excluding hydrogens is 440 g/mol. The third kappa shape index (κ3) is 4.50. The monoisotopic (exact) mass is 466 g/mol. The molecule has 0 amide bonds. The molecule has 176 valence electrons. The molecule has 0 bridgehead atoms. The number of imidazole rings is 2. The maximum Gasteiger partial charge on any atom is 0.303 e. The lowest BCUT2D eigenvalue weighted by molar-refractivity contribution is -0.137. The molecule has 0 saturated heterocycles. The number of aryl methyl sites for hydroxylation is 2. The number of aromatic nitrogens is 4. The van der Waals surface area contributed by atoms with Crippen molar-refractivity contribution >= 4 is 33.9 Å². The number of hydrogen-bond acceptors (Lipinski definition) is 4. The molecule has 0 fully saturated rings. The second-order valence-corrected chi connectivity index (χ2v) is 8.69. The minimum absolute atomic E-state index is 0.0410. The molecule has 0 aliphatic heterocycles. The Morgan fingerprint density at radius 2 is 1.66 bits per heavy atom. The van der Waals surface area contributed by atoms with Gasteiger partial charge in [-0.25, -0.2) is 9.97 Å². The van der Waals surface area contributed by atoms with Crippen LogP contribution in [0.4, 0.5) is 0 Å². The van der Waals surface area contributed by atoms with Crippen molar-refractivity contribution in [2.24, 2.45) is 12.8 Å². The van der Waals surface area contributed by atoms with Gasteiger partial charge in [-0.1, -0.05) is 42.5 Å². The highest BCUT2D eigenvalue weighted by atomic mass is 16.4. The maximum atomic E-state index is 11.2. The van der Waals surface area contributed by atoms with Crippen LogP contribution >= 0.6 is 0 Å². The first-order chi connectivity index (χ1) is 16.9. The highest BCUT2D eigenvalue weighted by molar-refractivity contribution is 5.94. The summed E-state index contributed by atoms with van der Waals surface area (Å²) < 4.78 is 4.20. The van der Waals surface area contributed by atoms with Gasteiger partial charge in [0.25, 0.3) is 0 Å². The van der Waals surface area contributed by atoms with Crippen molar-refractivity contribution in [1.29, 1.82) is 5.41 Å². The van der Waals surface area contributed by atoms with Crippen LogP contribution in [0, 0.1) is 5.41 Å². The van der Waals surface area contributed by atoms with Crippen LogP contribution in [0.25, 0.3) is 22.1 Å². The van der Waals surface area contributed by atoms with E-state index < -0.39 is 5.97 Å². The fraction of sp³-hybridized carbons (Fsp3) is 0.185. The van der Waals surface area contributed by atoms with Crippen molar-refractivity contribution in [3.63, 3.8) is 0 Å². The van der Waals surface area contributed by atoms with Crippen molar-refractivity contribution in [2.75, 3.05) is 0 Å². The highest BCUT2D eigenvalue weighted by Crippen LogP contribution is 2.23. The molecule has 0 spiro atoms. The summed E-state index contributed by atoms with van der Waals surface area (Å²) in [7, 11) is 2.02. The summed E-state index contributed by atoms with van der Waals surface area (Å²) in [6.07, 6.45) is 1.09. The number of carboxylic acids is 1.